The second-order valence-corrected chi connectivity index (χ2v) is 5.46. The van der Waals surface area contributed by atoms with E-state index >= 15 is 0 Å². The maximum absolute atomic E-state index is 9.75. The van der Waals surface area contributed by atoms with Crippen LogP contribution in [0.2, 0.25) is 0 Å². The van der Waals surface area contributed by atoms with E-state index in [0.29, 0.717) is 6.42 Å². The summed E-state index contributed by atoms with van der Waals surface area (Å²) in [6, 6.07) is 7.63. The van der Waals surface area contributed by atoms with Crippen LogP contribution in [0.25, 0.3) is 0 Å². The smallest absolute Gasteiger partial charge is 0.146 e. The van der Waals surface area contributed by atoms with Crippen LogP contribution >= 0.6 is 0 Å². The van der Waals surface area contributed by atoms with Gasteiger partial charge in [0.15, 0.2) is 0 Å². The first kappa shape index (κ1) is 22.8. The minimum absolute atomic E-state index is 0.0176. The third kappa shape index (κ3) is 7.55. The fourth-order valence-electron chi connectivity index (χ4n) is 2.52. The summed E-state index contributed by atoms with van der Waals surface area (Å²) in [6.07, 6.45) is -1.29. The zero-order valence-corrected chi connectivity index (χ0v) is 15.9. The molecule has 0 aromatic heterocycles. The lowest BCUT2D eigenvalue weighted by molar-refractivity contribution is -0.213. The van der Waals surface area contributed by atoms with Crippen molar-refractivity contribution in [2.75, 3.05) is 55.4 Å². The molecule has 0 amide bonds. The monoisotopic (exact) mass is 374 g/mol. The molecular weight excluding hydrogens is 344 g/mol. The van der Waals surface area contributed by atoms with Crippen LogP contribution < -0.4 is 4.74 Å². The standard InChI is InChI=1S/C18H30O8/c1-20-11-24-16(9-14-7-5-6-8-15(14)23-4)18(26-13-22-3)17(10-19)25-12-21-2/h5-8,16-19H,9-13H2,1-4H3/t16-,17+,18+/m0/s1. The van der Waals surface area contributed by atoms with Crippen molar-refractivity contribution >= 4 is 0 Å². The lowest BCUT2D eigenvalue weighted by Crippen LogP contribution is -2.46. The number of para-hydroxylation sites is 1. The summed E-state index contributed by atoms with van der Waals surface area (Å²) in [5, 5.41) is 9.75. The van der Waals surface area contributed by atoms with E-state index < -0.39 is 18.3 Å². The fraction of sp³-hybridized carbons (Fsp3) is 0.667. The summed E-state index contributed by atoms with van der Waals surface area (Å²) in [6.45, 7) is -0.161. The summed E-state index contributed by atoms with van der Waals surface area (Å²) in [4.78, 5) is 0. The quantitative estimate of drug-likeness (QED) is 0.459. The van der Waals surface area contributed by atoms with Gasteiger partial charge < -0.3 is 38.3 Å². The highest BCUT2D eigenvalue weighted by Gasteiger charge is 2.33. The topological polar surface area (TPSA) is 84.8 Å². The van der Waals surface area contributed by atoms with Gasteiger partial charge in [-0.25, -0.2) is 0 Å². The van der Waals surface area contributed by atoms with Crippen LogP contribution in [0.1, 0.15) is 5.56 Å². The Morgan fingerprint density at radius 2 is 1.38 bits per heavy atom. The molecule has 0 aliphatic rings. The molecule has 8 nitrogen and oxygen atoms in total. The third-order valence-corrected chi connectivity index (χ3v) is 3.70. The van der Waals surface area contributed by atoms with E-state index in [1.807, 2.05) is 24.3 Å². The third-order valence-electron chi connectivity index (χ3n) is 3.70. The molecule has 1 rings (SSSR count). The van der Waals surface area contributed by atoms with Crippen LogP contribution in [0, 0.1) is 0 Å². The second-order valence-electron chi connectivity index (χ2n) is 5.46. The van der Waals surface area contributed by atoms with E-state index in [2.05, 4.69) is 0 Å². The molecule has 1 aromatic carbocycles. The molecule has 1 aromatic rings. The number of ether oxygens (including phenoxy) is 7. The van der Waals surface area contributed by atoms with Crippen LogP contribution in [-0.4, -0.2) is 78.8 Å². The first-order valence-corrected chi connectivity index (χ1v) is 8.26. The van der Waals surface area contributed by atoms with Crippen molar-refractivity contribution in [2.45, 2.75) is 24.7 Å². The van der Waals surface area contributed by atoms with Crippen LogP contribution in [0.3, 0.4) is 0 Å². The minimum atomic E-state index is -0.665. The Kier molecular flexibility index (Phi) is 12.2. The highest BCUT2D eigenvalue weighted by molar-refractivity contribution is 5.33. The van der Waals surface area contributed by atoms with Crippen molar-refractivity contribution in [1.29, 1.82) is 0 Å². The summed E-state index contributed by atoms with van der Waals surface area (Å²) in [5.41, 5.74) is 0.936. The molecule has 0 spiro atoms. The van der Waals surface area contributed by atoms with Gasteiger partial charge in [-0.2, -0.15) is 0 Å². The van der Waals surface area contributed by atoms with Crippen LogP contribution in [0.15, 0.2) is 24.3 Å². The van der Waals surface area contributed by atoms with Gasteiger partial charge >= 0.3 is 0 Å². The summed E-state index contributed by atoms with van der Waals surface area (Å²) < 4.78 is 37.6. The number of hydrogen-bond donors (Lipinski definition) is 1. The first-order chi connectivity index (χ1) is 12.7. The molecule has 8 heteroatoms. The molecule has 1 N–H and O–H groups in total. The lowest BCUT2D eigenvalue weighted by Gasteiger charge is -2.32. The Bertz CT molecular complexity index is 470. The summed E-state index contributed by atoms with van der Waals surface area (Å²) in [5.74, 6) is 0.738. The maximum atomic E-state index is 9.75. The Hall–Kier alpha value is -1.26. The molecule has 0 saturated heterocycles. The van der Waals surface area contributed by atoms with Crippen LogP contribution in [0.4, 0.5) is 0 Å². The zero-order valence-electron chi connectivity index (χ0n) is 15.9. The Morgan fingerprint density at radius 3 is 1.96 bits per heavy atom. The van der Waals surface area contributed by atoms with Gasteiger partial charge in [0.2, 0.25) is 0 Å². The van der Waals surface area contributed by atoms with E-state index in [1.54, 1.807) is 7.11 Å². The zero-order chi connectivity index (χ0) is 19.2. The van der Waals surface area contributed by atoms with Crippen LogP contribution in [0.5, 0.6) is 5.75 Å². The van der Waals surface area contributed by atoms with Crippen molar-refractivity contribution in [3.05, 3.63) is 29.8 Å². The van der Waals surface area contributed by atoms with E-state index in [0.717, 1.165) is 11.3 Å². The van der Waals surface area contributed by atoms with Gasteiger partial charge in [-0.3, -0.25) is 0 Å². The average molecular weight is 374 g/mol. The normalized spacial score (nSPS) is 14.8. The van der Waals surface area contributed by atoms with E-state index in [-0.39, 0.29) is 27.0 Å². The predicted molar refractivity (Wildman–Crippen MR) is 94.0 cm³/mol. The fourth-order valence-corrected chi connectivity index (χ4v) is 2.52. The van der Waals surface area contributed by atoms with Gasteiger partial charge in [-0.15, -0.1) is 0 Å². The van der Waals surface area contributed by atoms with Gasteiger partial charge in [0.1, 0.15) is 38.3 Å². The van der Waals surface area contributed by atoms with Gasteiger partial charge in [-0.1, -0.05) is 18.2 Å². The summed E-state index contributed by atoms with van der Waals surface area (Å²) >= 11 is 0. The summed E-state index contributed by atoms with van der Waals surface area (Å²) in [7, 11) is 6.18. The van der Waals surface area contributed by atoms with Gasteiger partial charge in [0.25, 0.3) is 0 Å². The molecule has 0 heterocycles. The molecule has 26 heavy (non-hydrogen) atoms. The molecule has 0 radical (unpaired) electrons. The Balaban J connectivity index is 3.03. The first-order valence-electron chi connectivity index (χ1n) is 8.26. The Labute approximate surface area is 154 Å². The Morgan fingerprint density at radius 1 is 0.808 bits per heavy atom. The molecule has 0 aliphatic heterocycles. The molecule has 0 bridgehead atoms. The minimum Gasteiger partial charge on any atom is -0.496 e. The van der Waals surface area contributed by atoms with Crippen molar-refractivity contribution in [2.24, 2.45) is 0 Å². The molecule has 0 fully saturated rings. The van der Waals surface area contributed by atoms with Crippen molar-refractivity contribution in [3.63, 3.8) is 0 Å². The molecule has 0 aliphatic carbocycles. The highest BCUT2D eigenvalue weighted by atomic mass is 16.7. The van der Waals surface area contributed by atoms with Gasteiger partial charge in [0.05, 0.1) is 19.8 Å². The van der Waals surface area contributed by atoms with E-state index in [9.17, 15) is 5.11 Å². The number of methoxy groups -OCH3 is 4. The van der Waals surface area contributed by atoms with Gasteiger partial charge in [-0.05, 0) is 11.6 Å². The molecule has 3 atom stereocenters. The van der Waals surface area contributed by atoms with Gasteiger partial charge in [0, 0.05) is 27.8 Å². The van der Waals surface area contributed by atoms with E-state index in [1.165, 1.54) is 21.3 Å². The molecular formula is C18H30O8. The SMILES string of the molecule is COCO[C@H]([C@H](Cc1ccccc1OC)OCOC)[C@@H](CO)OCOC. The number of benzene rings is 1. The number of aliphatic hydroxyl groups excluding tert-OH is 1. The van der Waals surface area contributed by atoms with E-state index in [4.69, 9.17) is 33.2 Å². The molecule has 0 saturated carbocycles. The lowest BCUT2D eigenvalue weighted by atomic mass is 9.99. The number of hydrogen-bond acceptors (Lipinski definition) is 8. The second kappa shape index (κ2) is 13.9. The predicted octanol–water partition coefficient (Wildman–Crippen LogP) is 1.20. The number of aliphatic hydroxyl groups is 1. The van der Waals surface area contributed by atoms with Crippen LogP contribution in [-0.2, 0) is 34.8 Å². The van der Waals surface area contributed by atoms with Crippen molar-refractivity contribution < 1.29 is 38.3 Å². The largest absolute Gasteiger partial charge is 0.496 e. The number of rotatable bonds is 15. The highest BCUT2D eigenvalue weighted by Crippen LogP contribution is 2.23. The van der Waals surface area contributed by atoms with Crippen molar-refractivity contribution in [3.8, 4) is 5.75 Å². The van der Waals surface area contributed by atoms with Crippen molar-refractivity contribution in [1.82, 2.24) is 0 Å². The molecule has 0 unspecified atom stereocenters. The molecule has 150 valence electrons. The average Bonchev–Trinajstić information content (AvgIpc) is 2.68. The maximum Gasteiger partial charge on any atom is 0.146 e.